The largest absolute Gasteiger partial charge is 0.417 e. The number of alkyl halides is 3. The smallest absolute Gasteiger partial charge is 0.339 e. The second-order valence-corrected chi connectivity index (χ2v) is 6.29. The number of amides is 1. The van der Waals surface area contributed by atoms with Gasteiger partial charge in [-0.15, -0.1) is 0 Å². The third-order valence-corrected chi connectivity index (χ3v) is 4.76. The van der Waals surface area contributed by atoms with E-state index in [2.05, 4.69) is 4.98 Å². The van der Waals surface area contributed by atoms with Gasteiger partial charge in [0, 0.05) is 18.8 Å². The fraction of sp³-hybridized carbons (Fsp3) is 0.600. The van der Waals surface area contributed by atoms with Gasteiger partial charge in [0.1, 0.15) is 0 Å². The fourth-order valence-electron chi connectivity index (χ4n) is 2.71. The molecule has 1 aliphatic rings. The third kappa shape index (κ3) is 4.38. The molecule has 1 amide bonds. The molecule has 1 saturated carbocycles. The Morgan fingerprint density at radius 1 is 1.36 bits per heavy atom. The summed E-state index contributed by atoms with van der Waals surface area (Å²) in [6.45, 7) is 2.63. The molecule has 1 aromatic rings. The number of aromatic nitrogens is 1. The molecule has 0 aromatic carbocycles. The van der Waals surface area contributed by atoms with Crippen molar-refractivity contribution in [1.82, 2.24) is 9.88 Å². The van der Waals surface area contributed by atoms with Crippen LogP contribution in [0.2, 0.25) is 0 Å². The van der Waals surface area contributed by atoms with Gasteiger partial charge in [0.25, 0.3) is 0 Å². The van der Waals surface area contributed by atoms with Crippen LogP contribution >= 0.6 is 11.8 Å². The third-order valence-electron chi connectivity index (χ3n) is 3.83. The maximum absolute atomic E-state index is 12.5. The van der Waals surface area contributed by atoms with Crippen molar-refractivity contribution in [3.05, 3.63) is 23.9 Å². The lowest BCUT2D eigenvalue weighted by Gasteiger charge is -2.27. The molecule has 2 rings (SSSR count). The summed E-state index contributed by atoms with van der Waals surface area (Å²) in [5.41, 5.74) is -0.774. The van der Waals surface area contributed by atoms with Gasteiger partial charge in [-0.3, -0.25) is 4.79 Å². The number of carbonyl (C=O) groups excluding carboxylic acids is 1. The van der Waals surface area contributed by atoms with Crippen LogP contribution < -0.4 is 0 Å². The zero-order valence-corrected chi connectivity index (χ0v) is 13.2. The van der Waals surface area contributed by atoms with Crippen LogP contribution in [0.4, 0.5) is 13.2 Å². The minimum absolute atomic E-state index is 0.0288. The van der Waals surface area contributed by atoms with Crippen LogP contribution in [0, 0.1) is 0 Å². The summed E-state index contributed by atoms with van der Waals surface area (Å²) < 4.78 is 37.4. The number of halogens is 3. The number of thioether (sulfide) groups is 1. The molecule has 0 unspecified atom stereocenters. The van der Waals surface area contributed by atoms with Gasteiger partial charge in [-0.25, -0.2) is 4.98 Å². The summed E-state index contributed by atoms with van der Waals surface area (Å²) in [7, 11) is 0. The highest BCUT2D eigenvalue weighted by Crippen LogP contribution is 2.30. The van der Waals surface area contributed by atoms with Crippen LogP contribution in [0.5, 0.6) is 0 Å². The Morgan fingerprint density at radius 2 is 2.05 bits per heavy atom. The van der Waals surface area contributed by atoms with E-state index in [0.717, 1.165) is 37.9 Å². The minimum Gasteiger partial charge on any atom is -0.339 e. The number of rotatable bonds is 5. The number of pyridine rings is 1. The van der Waals surface area contributed by atoms with Crippen molar-refractivity contribution in [3.63, 3.8) is 0 Å². The summed E-state index contributed by atoms with van der Waals surface area (Å²) in [5, 5.41) is 0.434. The number of hydrogen-bond acceptors (Lipinski definition) is 3. The Bertz CT molecular complexity index is 499. The predicted molar refractivity (Wildman–Crippen MR) is 79.6 cm³/mol. The first-order chi connectivity index (χ1) is 10.4. The maximum Gasteiger partial charge on any atom is 0.417 e. The van der Waals surface area contributed by atoms with E-state index in [1.165, 1.54) is 17.8 Å². The fourth-order valence-corrected chi connectivity index (χ4v) is 3.43. The molecule has 0 N–H and O–H groups in total. The number of hydrogen-bond donors (Lipinski definition) is 0. The Kier molecular flexibility index (Phi) is 5.72. The first kappa shape index (κ1) is 17.1. The van der Waals surface area contributed by atoms with E-state index < -0.39 is 11.7 Å². The minimum atomic E-state index is -4.38. The van der Waals surface area contributed by atoms with Crippen molar-refractivity contribution in [2.24, 2.45) is 0 Å². The van der Waals surface area contributed by atoms with Crippen LogP contribution in [0.25, 0.3) is 0 Å². The average molecular weight is 332 g/mol. The number of carbonyl (C=O) groups is 1. The van der Waals surface area contributed by atoms with Crippen molar-refractivity contribution in [2.45, 2.75) is 49.9 Å². The van der Waals surface area contributed by atoms with E-state index in [1.807, 2.05) is 11.8 Å². The van der Waals surface area contributed by atoms with Crippen LogP contribution in [0.3, 0.4) is 0 Å². The molecule has 1 fully saturated rings. The van der Waals surface area contributed by atoms with E-state index in [-0.39, 0.29) is 11.7 Å². The second-order valence-electron chi connectivity index (χ2n) is 5.29. The van der Waals surface area contributed by atoms with Crippen LogP contribution in [0.1, 0.15) is 38.2 Å². The van der Waals surface area contributed by atoms with E-state index >= 15 is 0 Å². The molecule has 0 bridgehead atoms. The highest BCUT2D eigenvalue weighted by atomic mass is 32.2. The Morgan fingerprint density at radius 3 is 2.55 bits per heavy atom. The quantitative estimate of drug-likeness (QED) is 0.765. The zero-order chi connectivity index (χ0) is 16.2. The molecule has 0 saturated heterocycles. The maximum atomic E-state index is 12.5. The summed E-state index contributed by atoms with van der Waals surface area (Å²) >= 11 is 1.18. The molecule has 1 heterocycles. The van der Waals surface area contributed by atoms with Gasteiger partial charge < -0.3 is 4.90 Å². The summed E-state index contributed by atoms with van der Waals surface area (Å²) in [5.74, 6) is 0.240. The van der Waals surface area contributed by atoms with Crippen LogP contribution in [0.15, 0.2) is 23.4 Å². The Balaban J connectivity index is 1.90. The standard InChI is InChI=1S/C15H19F3N2OS/c1-2-20(12-5-3-4-6-12)14(21)10-22-13-8-7-11(9-19-13)15(16,17)18/h7-9,12H,2-6,10H2,1H3. The molecule has 122 valence electrons. The molecule has 1 aromatic heterocycles. The molecular formula is C15H19F3N2OS. The average Bonchev–Trinajstić information content (AvgIpc) is 2.99. The molecule has 3 nitrogen and oxygen atoms in total. The molecule has 1 aliphatic carbocycles. The predicted octanol–water partition coefficient (Wildman–Crippen LogP) is 3.98. The van der Waals surface area contributed by atoms with Crippen molar-refractivity contribution in [3.8, 4) is 0 Å². The molecule has 0 spiro atoms. The van der Waals surface area contributed by atoms with E-state index in [4.69, 9.17) is 0 Å². The first-order valence-corrected chi connectivity index (χ1v) is 8.36. The summed E-state index contributed by atoms with van der Waals surface area (Å²) in [4.78, 5) is 17.9. The summed E-state index contributed by atoms with van der Waals surface area (Å²) in [6, 6.07) is 2.62. The van der Waals surface area contributed by atoms with E-state index in [1.54, 1.807) is 0 Å². The molecule has 0 radical (unpaired) electrons. The Hall–Kier alpha value is -1.24. The van der Waals surface area contributed by atoms with Gasteiger partial charge >= 0.3 is 6.18 Å². The monoisotopic (exact) mass is 332 g/mol. The molecular weight excluding hydrogens is 313 g/mol. The summed E-state index contributed by atoms with van der Waals surface area (Å²) in [6.07, 6.45) is 0.824. The Labute approximate surface area is 132 Å². The molecule has 7 heteroatoms. The van der Waals surface area contributed by atoms with Gasteiger partial charge in [-0.2, -0.15) is 13.2 Å². The van der Waals surface area contributed by atoms with Crippen LogP contribution in [-0.4, -0.2) is 34.1 Å². The lowest BCUT2D eigenvalue weighted by atomic mass is 10.2. The molecule has 22 heavy (non-hydrogen) atoms. The second kappa shape index (κ2) is 7.35. The molecule has 0 atom stereocenters. The topological polar surface area (TPSA) is 33.2 Å². The SMILES string of the molecule is CCN(C(=O)CSc1ccc(C(F)(F)F)cn1)C1CCCC1. The van der Waals surface area contributed by atoms with E-state index in [9.17, 15) is 18.0 Å². The first-order valence-electron chi connectivity index (χ1n) is 7.37. The van der Waals surface area contributed by atoms with Crippen molar-refractivity contribution < 1.29 is 18.0 Å². The highest BCUT2D eigenvalue weighted by molar-refractivity contribution is 7.99. The zero-order valence-electron chi connectivity index (χ0n) is 12.4. The lowest BCUT2D eigenvalue weighted by molar-refractivity contribution is -0.138. The van der Waals surface area contributed by atoms with Crippen molar-refractivity contribution >= 4 is 17.7 Å². The van der Waals surface area contributed by atoms with Gasteiger partial charge in [0.05, 0.1) is 16.3 Å². The van der Waals surface area contributed by atoms with Gasteiger partial charge in [0.2, 0.25) is 5.91 Å². The van der Waals surface area contributed by atoms with Gasteiger partial charge in [0.15, 0.2) is 0 Å². The number of nitrogens with zero attached hydrogens (tertiary/aromatic N) is 2. The van der Waals surface area contributed by atoms with Crippen molar-refractivity contribution in [1.29, 1.82) is 0 Å². The highest BCUT2D eigenvalue weighted by Gasteiger charge is 2.30. The normalized spacial score (nSPS) is 16.0. The van der Waals surface area contributed by atoms with Crippen molar-refractivity contribution in [2.75, 3.05) is 12.3 Å². The van der Waals surface area contributed by atoms with Gasteiger partial charge in [-0.1, -0.05) is 24.6 Å². The molecule has 0 aliphatic heterocycles. The van der Waals surface area contributed by atoms with E-state index in [0.29, 0.717) is 17.6 Å². The van der Waals surface area contributed by atoms with Gasteiger partial charge in [-0.05, 0) is 31.9 Å². The van der Waals surface area contributed by atoms with Crippen LogP contribution in [-0.2, 0) is 11.0 Å². The lowest BCUT2D eigenvalue weighted by Crippen LogP contribution is -2.39.